The third kappa shape index (κ3) is 5.34. The Morgan fingerprint density at radius 1 is 1.24 bits per heavy atom. The molecule has 0 aliphatic carbocycles. The van der Waals surface area contributed by atoms with Crippen molar-refractivity contribution in [2.24, 2.45) is 0 Å². The first-order valence-electron chi connectivity index (χ1n) is 9.95. The molecule has 8 nitrogen and oxygen atoms in total. The van der Waals surface area contributed by atoms with E-state index < -0.39 is 5.60 Å². The normalized spacial score (nSPS) is 13.7. The second kappa shape index (κ2) is 8.63. The number of fused-ring (bicyclic) bond motifs is 1. The van der Waals surface area contributed by atoms with Gasteiger partial charge in [-0.2, -0.15) is 5.10 Å². The van der Waals surface area contributed by atoms with Crippen LogP contribution in [-0.4, -0.2) is 45.6 Å². The number of carbonyl (C=O) groups is 2. The molecule has 8 heteroatoms. The quantitative estimate of drug-likeness (QED) is 0.715. The number of rotatable bonds is 5. The average Bonchev–Trinajstić information content (AvgIpc) is 3.14. The number of carbonyl (C=O) groups excluding carboxylic acids is 2. The highest BCUT2D eigenvalue weighted by atomic mass is 16.6. The molecule has 1 aliphatic rings. The van der Waals surface area contributed by atoms with Crippen molar-refractivity contribution >= 4 is 17.9 Å². The van der Waals surface area contributed by atoms with E-state index in [9.17, 15) is 9.59 Å². The van der Waals surface area contributed by atoms with Crippen LogP contribution in [0.2, 0.25) is 0 Å². The van der Waals surface area contributed by atoms with Gasteiger partial charge in [-0.25, -0.2) is 14.6 Å². The Hall–Kier alpha value is -2.90. The fourth-order valence-corrected chi connectivity index (χ4v) is 3.15. The number of aryl methyl sites for hydroxylation is 3. The molecule has 0 aromatic carbocycles. The highest BCUT2D eigenvalue weighted by molar-refractivity contribution is 5.89. The van der Waals surface area contributed by atoms with Gasteiger partial charge >= 0.3 is 12.1 Å². The lowest BCUT2D eigenvalue weighted by Crippen LogP contribution is -2.40. The molecule has 0 atom stereocenters. The zero-order valence-corrected chi connectivity index (χ0v) is 17.5. The van der Waals surface area contributed by atoms with Crippen molar-refractivity contribution < 1.29 is 19.1 Å². The fourth-order valence-electron chi connectivity index (χ4n) is 3.15. The number of anilines is 1. The van der Waals surface area contributed by atoms with Gasteiger partial charge in [0.2, 0.25) is 0 Å². The maximum Gasteiger partial charge on any atom is 0.416 e. The predicted octanol–water partition coefficient (Wildman–Crippen LogP) is 3.39. The summed E-state index contributed by atoms with van der Waals surface area (Å²) >= 11 is 0. The van der Waals surface area contributed by atoms with E-state index in [1.807, 2.05) is 32.9 Å². The van der Waals surface area contributed by atoms with Gasteiger partial charge in [-0.15, -0.1) is 0 Å². The Morgan fingerprint density at radius 3 is 2.76 bits per heavy atom. The first kappa shape index (κ1) is 20.8. The van der Waals surface area contributed by atoms with Gasteiger partial charge < -0.3 is 9.47 Å². The molecule has 29 heavy (non-hydrogen) atoms. The molecule has 156 valence electrons. The minimum absolute atomic E-state index is 0.331. The van der Waals surface area contributed by atoms with E-state index >= 15 is 0 Å². The van der Waals surface area contributed by atoms with Crippen LogP contribution < -0.4 is 4.90 Å². The second-order valence-corrected chi connectivity index (χ2v) is 7.98. The SMILES string of the molecule is CCOC(=O)c1cnn(CCc2ccc3c(n2)N(C(=O)OC(C)(C)C)CCC3)c1. The zero-order valence-electron chi connectivity index (χ0n) is 17.5. The number of aromatic nitrogens is 3. The van der Waals surface area contributed by atoms with Crippen molar-refractivity contribution in [1.82, 2.24) is 14.8 Å². The summed E-state index contributed by atoms with van der Waals surface area (Å²) in [4.78, 5) is 30.7. The molecule has 0 unspecified atom stereocenters. The summed E-state index contributed by atoms with van der Waals surface area (Å²) in [6.07, 6.45) is 5.21. The summed E-state index contributed by atoms with van der Waals surface area (Å²) < 4.78 is 12.2. The van der Waals surface area contributed by atoms with E-state index in [1.54, 1.807) is 22.7 Å². The summed E-state index contributed by atoms with van der Waals surface area (Å²) in [7, 11) is 0. The Morgan fingerprint density at radius 2 is 2.03 bits per heavy atom. The van der Waals surface area contributed by atoms with Gasteiger partial charge in [0.05, 0.1) is 18.4 Å². The largest absolute Gasteiger partial charge is 0.462 e. The lowest BCUT2D eigenvalue weighted by molar-refractivity contribution is 0.0524. The van der Waals surface area contributed by atoms with Crippen molar-refractivity contribution in [2.45, 2.75) is 59.1 Å². The highest BCUT2D eigenvalue weighted by Crippen LogP contribution is 2.27. The van der Waals surface area contributed by atoms with Crippen LogP contribution in [0.5, 0.6) is 0 Å². The van der Waals surface area contributed by atoms with Gasteiger partial charge in [-0.1, -0.05) is 6.07 Å². The summed E-state index contributed by atoms with van der Waals surface area (Å²) in [5.41, 5.74) is 1.78. The van der Waals surface area contributed by atoms with Crippen LogP contribution >= 0.6 is 0 Å². The van der Waals surface area contributed by atoms with Crippen molar-refractivity contribution in [3.63, 3.8) is 0 Å². The lowest BCUT2D eigenvalue weighted by atomic mass is 10.1. The molecule has 0 saturated carbocycles. The summed E-state index contributed by atoms with van der Waals surface area (Å²) in [5, 5.41) is 4.21. The second-order valence-electron chi connectivity index (χ2n) is 7.98. The monoisotopic (exact) mass is 400 g/mol. The molecule has 0 saturated heterocycles. The van der Waals surface area contributed by atoms with Crippen LogP contribution in [0.1, 0.15) is 55.7 Å². The standard InChI is InChI=1S/C21H28N4O4/c1-5-28-19(26)16-13-22-24(14-16)12-10-17-9-8-15-7-6-11-25(18(15)23-17)20(27)29-21(2,3)4/h8-9,13-14H,5-7,10-12H2,1-4H3. The number of hydrogen-bond acceptors (Lipinski definition) is 6. The summed E-state index contributed by atoms with van der Waals surface area (Å²) in [5.74, 6) is 0.300. The van der Waals surface area contributed by atoms with Gasteiger partial charge in [0.15, 0.2) is 0 Å². The number of amides is 1. The molecule has 1 aliphatic heterocycles. The number of nitrogens with zero attached hydrogens (tertiary/aromatic N) is 4. The molecule has 0 fully saturated rings. The summed E-state index contributed by atoms with van der Waals surface area (Å²) in [6, 6.07) is 4.01. The molecule has 0 bridgehead atoms. The molecule has 0 spiro atoms. The Kier molecular flexibility index (Phi) is 6.20. The minimum Gasteiger partial charge on any atom is -0.462 e. The van der Waals surface area contributed by atoms with Gasteiger partial charge in [0.25, 0.3) is 0 Å². The molecular weight excluding hydrogens is 372 g/mol. The van der Waals surface area contributed by atoms with Crippen molar-refractivity contribution in [3.05, 3.63) is 41.3 Å². The van der Waals surface area contributed by atoms with Crippen LogP contribution in [0.25, 0.3) is 0 Å². The Balaban J connectivity index is 1.70. The van der Waals surface area contributed by atoms with Crippen molar-refractivity contribution in [1.29, 1.82) is 0 Å². The molecule has 0 radical (unpaired) electrons. The first-order chi connectivity index (χ1) is 13.8. The van der Waals surface area contributed by atoms with Crippen LogP contribution in [0.3, 0.4) is 0 Å². The Bertz CT molecular complexity index is 885. The fraction of sp³-hybridized carbons (Fsp3) is 0.524. The molecule has 2 aromatic heterocycles. The molecular formula is C21H28N4O4. The van der Waals surface area contributed by atoms with E-state index in [1.165, 1.54) is 6.20 Å². The number of esters is 1. The van der Waals surface area contributed by atoms with Gasteiger partial charge in [0.1, 0.15) is 11.4 Å². The zero-order chi connectivity index (χ0) is 21.0. The minimum atomic E-state index is -0.553. The van der Waals surface area contributed by atoms with E-state index in [-0.39, 0.29) is 12.1 Å². The Labute approximate surface area is 170 Å². The van der Waals surface area contributed by atoms with Crippen LogP contribution in [0.4, 0.5) is 10.6 Å². The van der Waals surface area contributed by atoms with E-state index in [2.05, 4.69) is 5.10 Å². The summed E-state index contributed by atoms with van der Waals surface area (Å²) in [6.45, 7) is 8.83. The number of pyridine rings is 1. The van der Waals surface area contributed by atoms with E-state index in [0.29, 0.717) is 37.5 Å². The third-order valence-electron chi connectivity index (χ3n) is 4.45. The van der Waals surface area contributed by atoms with Gasteiger partial charge in [-0.3, -0.25) is 9.58 Å². The van der Waals surface area contributed by atoms with E-state index in [4.69, 9.17) is 14.5 Å². The first-order valence-corrected chi connectivity index (χ1v) is 9.95. The molecule has 2 aromatic rings. The number of ether oxygens (including phenoxy) is 2. The van der Waals surface area contributed by atoms with Crippen LogP contribution in [0, 0.1) is 0 Å². The highest BCUT2D eigenvalue weighted by Gasteiger charge is 2.28. The molecule has 1 amide bonds. The average molecular weight is 400 g/mol. The molecule has 3 rings (SSSR count). The van der Waals surface area contributed by atoms with Crippen molar-refractivity contribution in [3.8, 4) is 0 Å². The van der Waals surface area contributed by atoms with Crippen molar-refractivity contribution in [2.75, 3.05) is 18.1 Å². The molecule has 0 N–H and O–H groups in total. The van der Waals surface area contributed by atoms with Crippen LogP contribution in [0.15, 0.2) is 24.5 Å². The maximum atomic E-state index is 12.6. The third-order valence-corrected chi connectivity index (χ3v) is 4.45. The van der Waals surface area contributed by atoms with Gasteiger partial charge in [-0.05, 0) is 52.2 Å². The maximum absolute atomic E-state index is 12.6. The van der Waals surface area contributed by atoms with E-state index in [0.717, 1.165) is 24.1 Å². The molecule has 3 heterocycles. The topological polar surface area (TPSA) is 86.5 Å². The lowest BCUT2D eigenvalue weighted by Gasteiger charge is -2.31. The van der Waals surface area contributed by atoms with Gasteiger partial charge in [0, 0.05) is 31.4 Å². The predicted molar refractivity (Wildman–Crippen MR) is 108 cm³/mol. The van der Waals surface area contributed by atoms with Crippen LogP contribution in [-0.2, 0) is 28.9 Å². The number of hydrogen-bond donors (Lipinski definition) is 0. The smallest absolute Gasteiger partial charge is 0.416 e.